The Balaban J connectivity index is 1.54. The molecule has 0 aliphatic rings. The minimum absolute atomic E-state index is 0.00792. The molecule has 0 saturated heterocycles. The maximum atomic E-state index is 13.5. The van der Waals surface area contributed by atoms with Gasteiger partial charge in [-0.15, -0.1) is 0 Å². The summed E-state index contributed by atoms with van der Waals surface area (Å²) < 4.78 is 80.4. The van der Waals surface area contributed by atoms with Gasteiger partial charge in [0, 0.05) is 18.6 Å². The standard InChI is InChI=1S/C21H15F6N7O/c1-11(14-3-2-12(20(22,23)24)6-15(14)21(25,26)27)34-10-13(8-30-34)31-19(35)17-7-16(32-33-17)18-9-28-4-5-29-18/h2-11H,1H3,(H,31,35)(H,32,33). The maximum absolute atomic E-state index is 13.5. The highest BCUT2D eigenvalue weighted by atomic mass is 19.4. The molecule has 0 fully saturated rings. The number of carbonyl (C=O) groups excluding carboxylic acids is 1. The van der Waals surface area contributed by atoms with Gasteiger partial charge in [-0.2, -0.15) is 36.5 Å². The van der Waals surface area contributed by atoms with Crippen LogP contribution in [0.25, 0.3) is 11.4 Å². The molecule has 8 nitrogen and oxygen atoms in total. The lowest BCUT2D eigenvalue weighted by atomic mass is 9.98. The van der Waals surface area contributed by atoms with Gasteiger partial charge in [-0.05, 0) is 30.7 Å². The molecule has 0 spiro atoms. The molecule has 0 radical (unpaired) electrons. The summed E-state index contributed by atoms with van der Waals surface area (Å²) >= 11 is 0. The first-order chi connectivity index (χ1) is 16.4. The number of benzene rings is 1. The monoisotopic (exact) mass is 495 g/mol. The van der Waals surface area contributed by atoms with E-state index in [9.17, 15) is 31.1 Å². The van der Waals surface area contributed by atoms with E-state index in [1.54, 1.807) is 0 Å². The van der Waals surface area contributed by atoms with Crippen molar-refractivity contribution in [1.29, 1.82) is 0 Å². The number of nitrogens with zero attached hydrogens (tertiary/aromatic N) is 5. The van der Waals surface area contributed by atoms with Crippen LogP contribution in [-0.4, -0.2) is 35.9 Å². The number of anilines is 1. The van der Waals surface area contributed by atoms with Crippen LogP contribution in [0.5, 0.6) is 0 Å². The summed E-state index contributed by atoms with van der Waals surface area (Å²) in [6, 6.07) is 1.77. The molecule has 4 aromatic rings. The van der Waals surface area contributed by atoms with E-state index in [0.29, 0.717) is 17.5 Å². The molecule has 4 rings (SSSR count). The highest BCUT2D eigenvalue weighted by Gasteiger charge is 2.39. The Kier molecular flexibility index (Phi) is 6.05. The Morgan fingerprint density at radius 2 is 1.83 bits per heavy atom. The number of rotatable bonds is 5. The number of nitrogens with one attached hydrogen (secondary N) is 2. The van der Waals surface area contributed by atoms with Crippen molar-refractivity contribution in [3.63, 3.8) is 0 Å². The van der Waals surface area contributed by atoms with Crippen LogP contribution in [0.15, 0.2) is 55.2 Å². The number of halogens is 6. The molecule has 0 saturated carbocycles. The van der Waals surface area contributed by atoms with E-state index < -0.39 is 41.0 Å². The number of aromatic nitrogens is 6. The lowest BCUT2D eigenvalue weighted by molar-refractivity contribution is -0.143. The molecule has 2 N–H and O–H groups in total. The van der Waals surface area contributed by atoms with Crippen LogP contribution >= 0.6 is 0 Å². The Labute approximate surface area is 193 Å². The van der Waals surface area contributed by atoms with Crippen molar-refractivity contribution in [3.8, 4) is 11.4 Å². The zero-order valence-corrected chi connectivity index (χ0v) is 17.7. The summed E-state index contributed by atoms with van der Waals surface area (Å²) in [6.07, 6.45) is -3.07. The van der Waals surface area contributed by atoms with Gasteiger partial charge in [-0.25, -0.2) is 0 Å². The second-order valence-corrected chi connectivity index (χ2v) is 7.39. The second kappa shape index (κ2) is 8.85. The Bertz CT molecular complexity index is 1340. The fraction of sp³-hybridized carbons (Fsp3) is 0.190. The Morgan fingerprint density at radius 1 is 1.06 bits per heavy atom. The zero-order valence-electron chi connectivity index (χ0n) is 17.7. The SMILES string of the molecule is CC(c1ccc(C(F)(F)F)cc1C(F)(F)F)n1cc(NC(=O)c2cc(-c3cnccn3)[nH]n2)cn1. The normalized spacial score (nSPS) is 13.0. The molecule has 14 heteroatoms. The molecular weight excluding hydrogens is 480 g/mol. The fourth-order valence-corrected chi connectivity index (χ4v) is 3.30. The van der Waals surface area contributed by atoms with E-state index in [4.69, 9.17) is 0 Å². The molecule has 182 valence electrons. The summed E-state index contributed by atoms with van der Waals surface area (Å²) in [5.41, 5.74) is -2.19. The molecule has 0 aliphatic carbocycles. The summed E-state index contributed by atoms with van der Waals surface area (Å²) in [5.74, 6) is -0.630. The van der Waals surface area contributed by atoms with Crippen LogP contribution in [-0.2, 0) is 12.4 Å². The smallest absolute Gasteiger partial charge is 0.318 e. The summed E-state index contributed by atoms with van der Waals surface area (Å²) in [6.45, 7) is 1.34. The lowest BCUT2D eigenvalue weighted by Crippen LogP contribution is -2.17. The van der Waals surface area contributed by atoms with E-state index in [-0.39, 0.29) is 17.4 Å². The predicted octanol–water partition coefficient (Wildman–Crippen LogP) is 4.96. The Hall–Kier alpha value is -4.23. The molecular formula is C21H15F6N7O. The van der Waals surface area contributed by atoms with E-state index in [2.05, 4.69) is 30.6 Å². The number of hydrogen-bond donors (Lipinski definition) is 2. The zero-order chi connectivity index (χ0) is 25.4. The third-order valence-corrected chi connectivity index (χ3v) is 5.04. The van der Waals surface area contributed by atoms with E-state index in [1.165, 1.54) is 44.0 Å². The minimum Gasteiger partial charge on any atom is -0.318 e. The van der Waals surface area contributed by atoms with Crippen molar-refractivity contribution in [1.82, 2.24) is 29.9 Å². The second-order valence-electron chi connectivity index (χ2n) is 7.39. The minimum atomic E-state index is -5.02. The quantitative estimate of drug-likeness (QED) is 0.381. The van der Waals surface area contributed by atoms with Gasteiger partial charge in [-0.3, -0.25) is 24.5 Å². The Morgan fingerprint density at radius 3 is 2.49 bits per heavy atom. The van der Waals surface area contributed by atoms with Crippen LogP contribution in [0.4, 0.5) is 32.0 Å². The van der Waals surface area contributed by atoms with Crippen LogP contribution in [0, 0.1) is 0 Å². The third kappa shape index (κ3) is 5.15. The number of alkyl halides is 6. The molecule has 35 heavy (non-hydrogen) atoms. The first-order valence-corrected chi connectivity index (χ1v) is 9.89. The number of hydrogen-bond acceptors (Lipinski definition) is 5. The molecule has 3 heterocycles. The van der Waals surface area contributed by atoms with Crippen molar-refractivity contribution in [3.05, 3.63) is 77.6 Å². The fourth-order valence-electron chi connectivity index (χ4n) is 3.30. The van der Waals surface area contributed by atoms with Crippen molar-refractivity contribution in [2.45, 2.75) is 25.3 Å². The van der Waals surface area contributed by atoms with E-state index in [0.717, 1.165) is 10.7 Å². The van der Waals surface area contributed by atoms with Crippen LogP contribution in [0.1, 0.15) is 40.1 Å². The number of carbonyl (C=O) groups is 1. The van der Waals surface area contributed by atoms with E-state index >= 15 is 0 Å². The number of aromatic amines is 1. The summed E-state index contributed by atoms with van der Waals surface area (Å²) in [5, 5.41) is 13.0. The van der Waals surface area contributed by atoms with Gasteiger partial charge in [-0.1, -0.05) is 6.07 Å². The lowest BCUT2D eigenvalue weighted by Gasteiger charge is -2.20. The highest BCUT2D eigenvalue weighted by Crippen LogP contribution is 2.39. The first-order valence-electron chi connectivity index (χ1n) is 9.89. The largest absolute Gasteiger partial charge is 0.416 e. The van der Waals surface area contributed by atoms with E-state index in [1.807, 2.05) is 0 Å². The highest BCUT2D eigenvalue weighted by molar-refractivity contribution is 6.03. The van der Waals surface area contributed by atoms with Crippen LogP contribution < -0.4 is 5.32 Å². The maximum Gasteiger partial charge on any atom is 0.416 e. The van der Waals surface area contributed by atoms with Crippen LogP contribution in [0.3, 0.4) is 0 Å². The first kappa shape index (κ1) is 23.9. The molecule has 0 aliphatic heterocycles. The number of amides is 1. The molecule has 0 bridgehead atoms. The van der Waals surface area contributed by atoms with Gasteiger partial charge in [0.25, 0.3) is 5.91 Å². The molecule has 1 aromatic carbocycles. The van der Waals surface area contributed by atoms with Gasteiger partial charge in [0.15, 0.2) is 5.69 Å². The van der Waals surface area contributed by atoms with Gasteiger partial charge in [0.2, 0.25) is 0 Å². The van der Waals surface area contributed by atoms with Gasteiger partial charge >= 0.3 is 12.4 Å². The van der Waals surface area contributed by atoms with Crippen molar-refractivity contribution >= 4 is 11.6 Å². The van der Waals surface area contributed by atoms with Crippen LogP contribution in [0.2, 0.25) is 0 Å². The molecule has 1 amide bonds. The van der Waals surface area contributed by atoms with Crippen molar-refractivity contribution < 1.29 is 31.1 Å². The topological polar surface area (TPSA) is 101 Å². The molecule has 3 aromatic heterocycles. The van der Waals surface area contributed by atoms with Gasteiger partial charge < -0.3 is 5.32 Å². The summed E-state index contributed by atoms with van der Waals surface area (Å²) in [7, 11) is 0. The van der Waals surface area contributed by atoms with Crippen molar-refractivity contribution in [2.24, 2.45) is 0 Å². The third-order valence-electron chi connectivity index (χ3n) is 5.04. The predicted molar refractivity (Wildman–Crippen MR) is 110 cm³/mol. The summed E-state index contributed by atoms with van der Waals surface area (Å²) in [4.78, 5) is 20.5. The van der Waals surface area contributed by atoms with Gasteiger partial charge in [0.1, 0.15) is 5.69 Å². The number of H-pyrrole nitrogens is 1. The molecule has 1 atom stereocenters. The van der Waals surface area contributed by atoms with Gasteiger partial charge in [0.05, 0.1) is 40.9 Å². The molecule has 1 unspecified atom stereocenters. The average molecular weight is 495 g/mol. The average Bonchev–Trinajstić information content (AvgIpc) is 3.48. The van der Waals surface area contributed by atoms with Crippen molar-refractivity contribution in [2.75, 3.05) is 5.32 Å².